The lowest BCUT2D eigenvalue weighted by atomic mass is 9.83. The molecule has 0 aromatic heterocycles. The van der Waals surface area contributed by atoms with E-state index in [1.165, 1.54) is 0 Å². The monoisotopic (exact) mass is 497 g/mol. The summed E-state index contributed by atoms with van der Waals surface area (Å²) in [6, 6.07) is 13.1. The number of aliphatic hydroxyl groups is 2. The Morgan fingerprint density at radius 2 is 2.07 bits per heavy atom. The van der Waals surface area contributed by atoms with Gasteiger partial charge in [0.25, 0.3) is 5.91 Å². The maximum absolute atomic E-state index is 13.3. The van der Waals surface area contributed by atoms with Crippen LogP contribution in [-0.2, 0) is 16.9 Å². The fourth-order valence-corrected chi connectivity index (χ4v) is 4.19. The lowest BCUT2D eigenvalue weighted by molar-refractivity contribution is -0.139. The molecule has 0 aliphatic carbocycles. The zero-order valence-electron chi connectivity index (χ0n) is 14.9. The number of aliphatic hydroxyl groups excluding tert-OH is 1. The van der Waals surface area contributed by atoms with Crippen molar-refractivity contribution in [2.45, 2.75) is 25.5 Å². The first-order valence-electron chi connectivity index (χ1n) is 8.74. The summed E-state index contributed by atoms with van der Waals surface area (Å²) >= 11 is 8.40. The number of hydrogen-bond donors (Lipinski definition) is 2. The van der Waals surface area contributed by atoms with Crippen molar-refractivity contribution in [1.82, 2.24) is 0 Å². The van der Waals surface area contributed by atoms with Gasteiger partial charge in [0.2, 0.25) is 0 Å². The van der Waals surface area contributed by atoms with Crippen molar-refractivity contribution in [2.75, 3.05) is 11.5 Å². The molecule has 6 heteroatoms. The van der Waals surface area contributed by atoms with Crippen LogP contribution in [0.5, 0.6) is 0 Å². The molecule has 2 aromatic carbocycles. The minimum absolute atomic E-state index is 0.0246. The Labute approximate surface area is 177 Å². The van der Waals surface area contributed by atoms with Crippen LogP contribution >= 0.6 is 34.2 Å². The van der Waals surface area contributed by atoms with Crippen LogP contribution in [-0.4, -0.2) is 22.7 Å². The maximum atomic E-state index is 13.3. The van der Waals surface area contributed by atoms with Gasteiger partial charge in [-0.3, -0.25) is 4.79 Å². The van der Waals surface area contributed by atoms with Crippen LogP contribution in [0, 0.1) is 9.49 Å². The van der Waals surface area contributed by atoms with Crippen LogP contribution in [0.2, 0.25) is 5.02 Å². The predicted molar refractivity (Wildman–Crippen MR) is 116 cm³/mol. The van der Waals surface area contributed by atoms with E-state index in [1.54, 1.807) is 42.2 Å². The first-order valence-corrected chi connectivity index (χ1v) is 10.2. The van der Waals surface area contributed by atoms with Crippen LogP contribution in [0.15, 0.2) is 54.6 Å². The minimum Gasteiger partial charge on any atom is -0.396 e. The third kappa shape index (κ3) is 3.92. The molecular weight excluding hydrogens is 477 g/mol. The molecular formula is C21H21ClINO3. The summed E-state index contributed by atoms with van der Waals surface area (Å²) in [5.74, 6) is -0.825. The molecule has 1 heterocycles. The van der Waals surface area contributed by atoms with Crippen LogP contribution in [0.25, 0.3) is 0 Å². The Hall–Kier alpha value is -1.41. The number of halogens is 2. The molecule has 2 N–H and O–H groups in total. The fraction of sp³-hybridized carbons (Fsp3) is 0.286. The van der Waals surface area contributed by atoms with Gasteiger partial charge in [0.05, 0.1) is 12.2 Å². The highest BCUT2D eigenvalue weighted by Crippen LogP contribution is 2.46. The van der Waals surface area contributed by atoms with E-state index in [2.05, 4.69) is 22.6 Å². The second kappa shape index (κ2) is 8.31. The molecule has 0 fully saturated rings. The largest absolute Gasteiger partial charge is 0.396 e. The van der Waals surface area contributed by atoms with Crippen LogP contribution in [0.3, 0.4) is 0 Å². The molecule has 2 atom stereocenters. The van der Waals surface area contributed by atoms with Gasteiger partial charge in [0, 0.05) is 26.7 Å². The minimum atomic E-state index is -1.69. The Balaban J connectivity index is 2.02. The van der Waals surface area contributed by atoms with Gasteiger partial charge in [-0.2, -0.15) is 0 Å². The molecule has 0 bridgehead atoms. The van der Waals surface area contributed by atoms with Crippen LogP contribution < -0.4 is 4.90 Å². The van der Waals surface area contributed by atoms with Gasteiger partial charge < -0.3 is 15.1 Å². The zero-order chi connectivity index (χ0) is 19.6. The lowest BCUT2D eigenvalue weighted by Crippen LogP contribution is -2.44. The Bertz CT molecular complexity index is 885. The summed E-state index contributed by atoms with van der Waals surface area (Å²) in [7, 11) is 0. The third-order valence-corrected chi connectivity index (χ3v) is 5.75. The van der Waals surface area contributed by atoms with Gasteiger partial charge in [-0.25, -0.2) is 0 Å². The van der Waals surface area contributed by atoms with E-state index < -0.39 is 11.5 Å². The number of benzene rings is 2. The molecule has 4 nitrogen and oxygen atoms in total. The summed E-state index contributed by atoms with van der Waals surface area (Å²) in [5, 5.41) is 20.9. The average Bonchev–Trinajstić information content (AvgIpc) is 2.84. The molecule has 0 radical (unpaired) electrons. The normalized spacial score (nSPS) is 20.3. The van der Waals surface area contributed by atoms with E-state index in [9.17, 15) is 9.90 Å². The van der Waals surface area contributed by atoms with Crippen molar-refractivity contribution in [2.24, 2.45) is 5.92 Å². The predicted octanol–water partition coefficient (Wildman–Crippen LogP) is 4.25. The first-order chi connectivity index (χ1) is 12.9. The Morgan fingerprint density at radius 3 is 2.78 bits per heavy atom. The molecule has 0 saturated heterocycles. The Kier molecular flexibility index (Phi) is 6.25. The van der Waals surface area contributed by atoms with Crippen molar-refractivity contribution >= 4 is 45.8 Å². The number of nitrogens with zero attached hydrogens (tertiary/aromatic N) is 1. The van der Waals surface area contributed by atoms with Crippen molar-refractivity contribution < 1.29 is 15.0 Å². The molecule has 0 spiro atoms. The van der Waals surface area contributed by atoms with Gasteiger partial charge in [0.1, 0.15) is 0 Å². The van der Waals surface area contributed by atoms with E-state index >= 15 is 0 Å². The van der Waals surface area contributed by atoms with E-state index in [1.807, 2.05) is 24.3 Å². The topological polar surface area (TPSA) is 60.8 Å². The highest BCUT2D eigenvalue weighted by molar-refractivity contribution is 14.1. The molecule has 0 unspecified atom stereocenters. The third-order valence-electron chi connectivity index (χ3n) is 4.84. The van der Waals surface area contributed by atoms with Crippen molar-refractivity contribution in [3.05, 3.63) is 74.3 Å². The number of hydrogen-bond acceptors (Lipinski definition) is 3. The molecule has 142 valence electrons. The maximum Gasteiger partial charge on any atom is 0.264 e. The Morgan fingerprint density at radius 1 is 1.30 bits per heavy atom. The quantitative estimate of drug-likeness (QED) is 0.463. The number of rotatable bonds is 6. The van der Waals surface area contributed by atoms with Crippen LogP contribution in [0.4, 0.5) is 5.69 Å². The number of amides is 1. The van der Waals surface area contributed by atoms with Gasteiger partial charge in [-0.15, -0.1) is 0 Å². The fourth-order valence-electron chi connectivity index (χ4n) is 3.41. The molecule has 27 heavy (non-hydrogen) atoms. The van der Waals surface area contributed by atoms with Gasteiger partial charge >= 0.3 is 0 Å². The average molecular weight is 498 g/mol. The second-order valence-electron chi connectivity index (χ2n) is 6.68. The van der Waals surface area contributed by atoms with E-state index in [-0.39, 0.29) is 12.5 Å². The van der Waals surface area contributed by atoms with Crippen LogP contribution in [0.1, 0.15) is 24.5 Å². The van der Waals surface area contributed by atoms with Gasteiger partial charge in [-0.1, -0.05) is 42.8 Å². The lowest BCUT2D eigenvalue weighted by Gasteiger charge is -2.27. The molecule has 1 aliphatic heterocycles. The highest BCUT2D eigenvalue weighted by Gasteiger charge is 2.52. The number of anilines is 1. The summed E-state index contributed by atoms with van der Waals surface area (Å²) in [6.45, 7) is 2.20. The SMILES string of the molecule is C[C@H](/C=C/CCO)[C@@]1(O)C(=O)N(Cc2cccc(I)c2)c2ccc(Cl)cc21. The van der Waals surface area contributed by atoms with E-state index in [4.69, 9.17) is 16.7 Å². The van der Waals surface area contributed by atoms with Gasteiger partial charge in [0.15, 0.2) is 5.60 Å². The number of carbonyl (C=O) groups excluding carboxylic acids is 1. The van der Waals surface area contributed by atoms with Crippen molar-refractivity contribution in [3.8, 4) is 0 Å². The summed E-state index contributed by atoms with van der Waals surface area (Å²) in [4.78, 5) is 14.9. The highest BCUT2D eigenvalue weighted by atomic mass is 127. The van der Waals surface area contributed by atoms with E-state index in [0.29, 0.717) is 29.2 Å². The summed E-state index contributed by atoms with van der Waals surface area (Å²) in [5.41, 5.74) is 0.498. The summed E-state index contributed by atoms with van der Waals surface area (Å²) in [6.07, 6.45) is 4.03. The number of fused-ring (bicyclic) bond motifs is 1. The smallest absolute Gasteiger partial charge is 0.264 e. The first kappa shape index (κ1) is 20.3. The van der Waals surface area contributed by atoms with Crippen molar-refractivity contribution in [3.63, 3.8) is 0 Å². The molecule has 1 aliphatic rings. The molecule has 3 rings (SSSR count). The van der Waals surface area contributed by atoms with Crippen molar-refractivity contribution in [1.29, 1.82) is 0 Å². The second-order valence-corrected chi connectivity index (χ2v) is 8.36. The molecule has 1 amide bonds. The number of carbonyl (C=O) groups is 1. The van der Waals surface area contributed by atoms with E-state index in [0.717, 1.165) is 9.13 Å². The summed E-state index contributed by atoms with van der Waals surface area (Å²) < 4.78 is 1.09. The van der Waals surface area contributed by atoms with Gasteiger partial charge in [-0.05, 0) is 64.9 Å². The standard InChI is InChI=1S/C21H21ClINO3/c1-14(5-2-3-10-25)21(27)18-12-16(22)8-9-19(18)24(20(21)26)13-15-6-4-7-17(23)11-15/h2,4-9,11-12,14,25,27H,3,10,13H2,1H3/b5-2+/t14-,21+/m1/s1. The molecule has 0 saturated carbocycles. The molecule has 2 aromatic rings. The zero-order valence-corrected chi connectivity index (χ0v) is 17.8.